The van der Waals surface area contributed by atoms with Crippen LogP contribution in [0, 0.1) is 0 Å². The van der Waals surface area contributed by atoms with Crippen molar-refractivity contribution in [1.82, 2.24) is 4.90 Å². The van der Waals surface area contributed by atoms with Crippen LogP contribution in [-0.4, -0.2) is 52.8 Å². The SMILES string of the molecule is COc1cc(OC)c2c(-c3ccccc3)cc(=O)oc2c1[C@H](CCN1CCCCC1)c1ccc(N(C)C)cc1. The van der Waals surface area contributed by atoms with Crippen LogP contribution in [0.25, 0.3) is 22.1 Å². The van der Waals surface area contributed by atoms with Gasteiger partial charge >= 0.3 is 5.63 Å². The Hall–Kier alpha value is -3.77. The summed E-state index contributed by atoms with van der Waals surface area (Å²) in [6.45, 7) is 3.21. The van der Waals surface area contributed by atoms with Gasteiger partial charge in [-0.3, -0.25) is 0 Å². The first-order valence-electron chi connectivity index (χ1n) is 13.8. The van der Waals surface area contributed by atoms with E-state index in [0.29, 0.717) is 17.1 Å². The van der Waals surface area contributed by atoms with Gasteiger partial charge in [0.2, 0.25) is 0 Å². The van der Waals surface area contributed by atoms with E-state index in [1.165, 1.54) is 19.3 Å². The Morgan fingerprint density at radius 1 is 0.897 bits per heavy atom. The number of fused-ring (bicyclic) bond motifs is 1. The first kappa shape index (κ1) is 26.8. The van der Waals surface area contributed by atoms with E-state index in [1.807, 2.05) is 50.5 Å². The summed E-state index contributed by atoms with van der Waals surface area (Å²) >= 11 is 0. The fraction of sp³-hybridized carbons (Fsp3) is 0.364. The molecule has 1 aliphatic heterocycles. The first-order valence-corrected chi connectivity index (χ1v) is 13.8. The Bertz CT molecular complexity index is 1460. The van der Waals surface area contributed by atoms with Crippen LogP contribution in [0.1, 0.15) is 42.7 Å². The molecule has 3 aromatic carbocycles. The molecule has 1 fully saturated rings. The normalized spacial score (nSPS) is 14.8. The molecular formula is C33H38N2O4. The molecule has 1 aromatic heterocycles. The van der Waals surface area contributed by atoms with Crippen molar-refractivity contribution in [2.75, 3.05) is 52.8 Å². The van der Waals surface area contributed by atoms with Gasteiger partial charge in [0.15, 0.2) is 0 Å². The third-order valence-electron chi connectivity index (χ3n) is 7.85. The summed E-state index contributed by atoms with van der Waals surface area (Å²) in [5.74, 6) is 1.24. The minimum absolute atomic E-state index is 0.0410. The largest absolute Gasteiger partial charge is 0.496 e. The number of rotatable bonds is 9. The molecule has 0 unspecified atom stereocenters. The van der Waals surface area contributed by atoms with Crippen molar-refractivity contribution in [2.24, 2.45) is 0 Å². The quantitative estimate of drug-likeness (QED) is 0.231. The van der Waals surface area contributed by atoms with Gasteiger partial charge in [-0.15, -0.1) is 0 Å². The third-order valence-corrected chi connectivity index (χ3v) is 7.85. The summed E-state index contributed by atoms with van der Waals surface area (Å²) in [7, 11) is 7.40. The maximum absolute atomic E-state index is 13.1. The highest BCUT2D eigenvalue weighted by atomic mass is 16.5. The number of nitrogens with zero attached hydrogens (tertiary/aromatic N) is 2. The summed E-state index contributed by atoms with van der Waals surface area (Å²) in [5, 5.41) is 0.784. The van der Waals surface area contributed by atoms with Crippen LogP contribution in [0.2, 0.25) is 0 Å². The van der Waals surface area contributed by atoms with E-state index in [-0.39, 0.29) is 5.92 Å². The van der Waals surface area contributed by atoms with E-state index in [4.69, 9.17) is 13.9 Å². The lowest BCUT2D eigenvalue weighted by Crippen LogP contribution is -2.31. The summed E-state index contributed by atoms with van der Waals surface area (Å²) in [5.41, 5.74) is 5.05. The lowest BCUT2D eigenvalue weighted by Gasteiger charge is -2.29. The van der Waals surface area contributed by atoms with Gasteiger partial charge in [-0.25, -0.2) is 4.79 Å². The number of likely N-dealkylation sites (tertiary alicyclic amines) is 1. The minimum atomic E-state index is -0.393. The molecular weight excluding hydrogens is 488 g/mol. The van der Waals surface area contributed by atoms with Gasteiger partial charge in [-0.2, -0.15) is 0 Å². The lowest BCUT2D eigenvalue weighted by atomic mass is 9.85. The van der Waals surface area contributed by atoms with Crippen LogP contribution >= 0.6 is 0 Å². The molecule has 5 rings (SSSR count). The van der Waals surface area contributed by atoms with Crippen molar-refractivity contribution in [2.45, 2.75) is 31.6 Å². The second-order valence-corrected chi connectivity index (χ2v) is 10.5. The predicted octanol–water partition coefficient (Wildman–Crippen LogP) is 6.55. The first-order chi connectivity index (χ1) is 19.0. The van der Waals surface area contributed by atoms with Crippen molar-refractivity contribution in [3.63, 3.8) is 0 Å². The molecule has 204 valence electrons. The van der Waals surface area contributed by atoms with Crippen LogP contribution in [0.15, 0.2) is 75.9 Å². The molecule has 0 N–H and O–H groups in total. The second kappa shape index (κ2) is 12.0. The van der Waals surface area contributed by atoms with E-state index in [1.54, 1.807) is 20.3 Å². The molecule has 0 amide bonds. The zero-order valence-electron chi connectivity index (χ0n) is 23.4. The number of hydrogen-bond acceptors (Lipinski definition) is 6. The molecule has 1 atom stereocenters. The zero-order chi connectivity index (χ0) is 27.4. The van der Waals surface area contributed by atoms with Gasteiger partial charge in [0, 0.05) is 49.0 Å². The molecule has 0 saturated carbocycles. The monoisotopic (exact) mass is 526 g/mol. The van der Waals surface area contributed by atoms with E-state index < -0.39 is 5.63 Å². The molecule has 4 aromatic rings. The second-order valence-electron chi connectivity index (χ2n) is 10.5. The molecule has 0 spiro atoms. The summed E-state index contributed by atoms with van der Waals surface area (Å²) < 4.78 is 17.9. The number of piperidine rings is 1. The Morgan fingerprint density at radius 3 is 2.23 bits per heavy atom. The van der Waals surface area contributed by atoms with Crippen LogP contribution in [0.3, 0.4) is 0 Å². The van der Waals surface area contributed by atoms with Gasteiger partial charge in [-0.1, -0.05) is 48.9 Å². The molecule has 39 heavy (non-hydrogen) atoms. The van der Waals surface area contributed by atoms with Gasteiger partial charge < -0.3 is 23.7 Å². The summed E-state index contributed by atoms with van der Waals surface area (Å²) in [6, 6.07) is 22.1. The van der Waals surface area contributed by atoms with Crippen LogP contribution in [0.5, 0.6) is 11.5 Å². The maximum atomic E-state index is 13.1. The van der Waals surface area contributed by atoms with Gasteiger partial charge in [-0.05, 0) is 62.2 Å². The Morgan fingerprint density at radius 2 is 1.59 bits per heavy atom. The van der Waals surface area contributed by atoms with E-state index >= 15 is 0 Å². The fourth-order valence-corrected chi connectivity index (χ4v) is 5.79. The Balaban J connectivity index is 1.73. The molecule has 6 nitrogen and oxygen atoms in total. The molecule has 1 saturated heterocycles. The molecule has 0 aliphatic carbocycles. The van der Waals surface area contributed by atoms with E-state index in [0.717, 1.165) is 59.4 Å². The van der Waals surface area contributed by atoms with Gasteiger partial charge in [0.25, 0.3) is 0 Å². The van der Waals surface area contributed by atoms with Crippen molar-refractivity contribution < 1.29 is 13.9 Å². The van der Waals surface area contributed by atoms with Crippen molar-refractivity contribution in [3.05, 3.63) is 88.3 Å². The van der Waals surface area contributed by atoms with Crippen molar-refractivity contribution in [1.29, 1.82) is 0 Å². The van der Waals surface area contributed by atoms with Gasteiger partial charge in [0.1, 0.15) is 17.1 Å². The van der Waals surface area contributed by atoms with Crippen LogP contribution in [-0.2, 0) is 0 Å². The maximum Gasteiger partial charge on any atom is 0.336 e. The number of hydrogen-bond donors (Lipinski definition) is 0. The predicted molar refractivity (Wildman–Crippen MR) is 159 cm³/mol. The van der Waals surface area contributed by atoms with Crippen molar-refractivity contribution in [3.8, 4) is 22.6 Å². The Labute approximate surface area is 230 Å². The molecule has 0 bridgehead atoms. The molecule has 1 aliphatic rings. The summed E-state index contributed by atoms with van der Waals surface area (Å²) in [6.07, 6.45) is 4.66. The van der Waals surface area contributed by atoms with E-state index in [9.17, 15) is 4.79 Å². The number of benzene rings is 3. The highest BCUT2D eigenvalue weighted by Gasteiger charge is 2.28. The highest BCUT2D eigenvalue weighted by molar-refractivity contribution is 6.00. The van der Waals surface area contributed by atoms with Gasteiger partial charge in [0.05, 0.1) is 19.6 Å². The van der Waals surface area contributed by atoms with Crippen LogP contribution in [0.4, 0.5) is 5.69 Å². The zero-order valence-corrected chi connectivity index (χ0v) is 23.4. The highest BCUT2D eigenvalue weighted by Crippen LogP contribution is 2.46. The number of methoxy groups -OCH3 is 2. The summed E-state index contributed by atoms with van der Waals surface area (Å²) in [4.78, 5) is 17.7. The molecule has 6 heteroatoms. The average molecular weight is 527 g/mol. The fourth-order valence-electron chi connectivity index (χ4n) is 5.79. The standard InChI is InChI=1S/C33H38N2O4/c1-34(2)25-15-13-24(14-16-25)26(17-20-35-18-9-6-10-19-35)31-28(37-3)22-29(38-4)32-27(21-30(36)39-33(31)32)23-11-7-5-8-12-23/h5,7-8,11-16,21-22,26H,6,9-10,17-20H2,1-4H3/t26-/m1/s1. The molecule has 0 radical (unpaired) electrons. The Kier molecular flexibility index (Phi) is 8.22. The topological polar surface area (TPSA) is 55.2 Å². The minimum Gasteiger partial charge on any atom is -0.496 e. The average Bonchev–Trinajstić information content (AvgIpc) is 2.97. The van der Waals surface area contributed by atoms with Crippen LogP contribution < -0.4 is 20.0 Å². The lowest BCUT2D eigenvalue weighted by molar-refractivity contribution is 0.223. The number of anilines is 1. The molecule has 2 heterocycles. The third kappa shape index (κ3) is 5.66. The van der Waals surface area contributed by atoms with Crippen molar-refractivity contribution >= 4 is 16.7 Å². The number of ether oxygens (including phenoxy) is 2. The van der Waals surface area contributed by atoms with E-state index in [2.05, 4.69) is 34.1 Å². The smallest absolute Gasteiger partial charge is 0.336 e.